The van der Waals surface area contributed by atoms with Gasteiger partial charge in [0.05, 0.1) is 6.61 Å². The first-order valence-electron chi connectivity index (χ1n) is 6.01. The molecule has 1 fully saturated rings. The van der Waals surface area contributed by atoms with Crippen molar-refractivity contribution in [2.24, 2.45) is 0 Å². The Morgan fingerprint density at radius 1 is 0.900 bits per heavy atom. The monoisotopic (exact) mass is 290 g/mol. The zero-order chi connectivity index (χ0) is 15.3. The standard InChI is InChI=1S/C12H18O8/c1-6(13)18-9-5-17-12(16-4)11(20-8(3)15)10(9)19-7(2)14/h9-12H,5H2,1-4H3/t9-,10+,11+,12-/m1/s1. The molecule has 0 saturated carbocycles. The molecule has 1 heterocycles. The minimum atomic E-state index is -1.01. The lowest BCUT2D eigenvalue weighted by Gasteiger charge is -2.39. The highest BCUT2D eigenvalue weighted by Gasteiger charge is 2.47. The van der Waals surface area contributed by atoms with Crippen molar-refractivity contribution in [3.63, 3.8) is 0 Å². The predicted molar refractivity (Wildman–Crippen MR) is 63.4 cm³/mol. The molecule has 8 nitrogen and oxygen atoms in total. The number of carbonyl (C=O) groups excluding carboxylic acids is 3. The van der Waals surface area contributed by atoms with E-state index in [2.05, 4.69) is 0 Å². The van der Waals surface area contributed by atoms with Crippen molar-refractivity contribution in [2.75, 3.05) is 13.7 Å². The molecule has 0 spiro atoms. The van der Waals surface area contributed by atoms with E-state index in [0.717, 1.165) is 0 Å². The number of methoxy groups -OCH3 is 1. The fourth-order valence-corrected chi connectivity index (χ4v) is 1.91. The molecule has 0 aromatic heterocycles. The third-order valence-electron chi connectivity index (χ3n) is 2.54. The summed E-state index contributed by atoms with van der Waals surface area (Å²) in [7, 11) is 1.36. The van der Waals surface area contributed by atoms with E-state index < -0.39 is 42.5 Å². The summed E-state index contributed by atoms with van der Waals surface area (Å²) in [5.74, 6) is -1.75. The zero-order valence-corrected chi connectivity index (χ0v) is 11.8. The van der Waals surface area contributed by atoms with Crippen LogP contribution in [0.25, 0.3) is 0 Å². The van der Waals surface area contributed by atoms with Crippen LogP contribution in [-0.2, 0) is 38.1 Å². The van der Waals surface area contributed by atoms with Crippen LogP contribution in [0.5, 0.6) is 0 Å². The molecule has 114 valence electrons. The number of hydrogen-bond acceptors (Lipinski definition) is 8. The van der Waals surface area contributed by atoms with Gasteiger partial charge in [0.1, 0.15) is 0 Å². The first-order valence-corrected chi connectivity index (χ1v) is 6.01. The summed E-state index contributed by atoms with van der Waals surface area (Å²) in [6.45, 7) is 3.59. The molecule has 0 radical (unpaired) electrons. The second kappa shape index (κ2) is 7.20. The molecule has 0 unspecified atom stereocenters. The van der Waals surface area contributed by atoms with E-state index in [9.17, 15) is 14.4 Å². The number of ether oxygens (including phenoxy) is 5. The van der Waals surface area contributed by atoms with Gasteiger partial charge in [-0.1, -0.05) is 0 Å². The molecule has 0 aliphatic carbocycles. The van der Waals surface area contributed by atoms with Crippen LogP contribution in [0.1, 0.15) is 20.8 Å². The third kappa shape index (κ3) is 4.46. The topological polar surface area (TPSA) is 97.4 Å². The van der Waals surface area contributed by atoms with Gasteiger partial charge in [-0.3, -0.25) is 14.4 Å². The quantitative estimate of drug-likeness (QED) is 0.518. The van der Waals surface area contributed by atoms with Gasteiger partial charge in [-0.25, -0.2) is 0 Å². The van der Waals surface area contributed by atoms with Gasteiger partial charge < -0.3 is 23.7 Å². The van der Waals surface area contributed by atoms with Gasteiger partial charge >= 0.3 is 17.9 Å². The Bertz CT molecular complexity index is 380. The molecule has 1 aliphatic rings. The Morgan fingerprint density at radius 2 is 1.40 bits per heavy atom. The molecule has 1 aliphatic heterocycles. The van der Waals surface area contributed by atoms with Gasteiger partial charge in [-0.2, -0.15) is 0 Å². The molecule has 4 atom stereocenters. The zero-order valence-electron chi connectivity index (χ0n) is 11.8. The van der Waals surface area contributed by atoms with Crippen LogP contribution in [0, 0.1) is 0 Å². The van der Waals surface area contributed by atoms with Gasteiger partial charge in [0, 0.05) is 27.9 Å². The largest absolute Gasteiger partial charge is 0.456 e. The summed E-state index contributed by atoms with van der Waals surface area (Å²) in [4.78, 5) is 33.4. The minimum Gasteiger partial charge on any atom is -0.456 e. The fourth-order valence-electron chi connectivity index (χ4n) is 1.91. The molecule has 8 heteroatoms. The lowest BCUT2D eigenvalue weighted by molar-refractivity contribution is -0.274. The van der Waals surface area contributed by atoms with E-state index in [1.807, 2.05) is 0 Å². The summed E-state index contributed by atoms with van der Waals surface area (Å²) in [5.41, 5.74) is 0. The first kappa shape index (κ1) is 16.4. The van der Waals surface area contributed by atoms with Crippen molar-refractivity contribution in [2.45, 2.75) is 45.4 Å². The van der Waals surface area contributed by atoms with Crippen molar-refractivity contribution in [3.05, 3.63) is 0 Å². The van der Waals surface area contributed by atoms with Crippen LogP contribution in [0.4, 0.5) is 0 Å². The lowest BCUT2D eigenvalue weighted by Crippen LogP contribution is -2.57. The second-order valence-electron chi connectivity index (χ2n) is 4.23. The van der Waals surface area contributed by atoms with E-state index in [1.54, 1.807) is 0 Å². The van der Waals surface area contributed by atoms with Crippen molar-refractivity contribution in [1.82, 2.24) is 0 Å². The van der Waals surface area contributed by atoms with Crippen molar-refractivity contribution in [3.8, 4) is 0 Å². The van der Waals surface area contributed by atoms with Gasteiger partial charge in [0.2, 0.25) is 0 Å². The number of esters is 3. The van der Waals surface area contributed by atoms with Gasteiger partial charge in [0.25, 0.3) is 0 Å². The van der Waals surface area contributed by atoms with Crippen molar-refractivity contribution < 1.29 is 38.1 Å². The molecule has 20 heavy (non-hydrogen) atoms. The van der Waals surface area contributed by atoms with Gasteiger partial charge in [-0.15, -0.1) is 0 Å². The minimum absolute atomic E-state index is 0.0339. The van der Waals surface area contributed by atoms with Crippen LogP contribution in [0.15, 0.2) is 0 Å². The van der Waals surface area contributed by atoms with E-state index in [0.29, 0.717) is 0 Å². The Hall–Kier alpha value is -1.67. The first-order chi connectivity index (χ1) is 9.35. The Kier molecular flexibility index (Phi) is 5.90. The molecule has 0 aromatic carbocycles. The van der Waals surface area contributed by atoms with E-state index in [4.69, 9.17) is 23.7 Å². The van der Waals surface area contributed by atoms with Crippen LogP contribution >= 0.6 is 0 Å². The molecule has 1 saturated heterocycles. The molecule has 0 amide bonds. The van der Waals surface area contributed by atoms with E-state index in [1.165, 1.54) is 27.9 Å². The maximum Gasteiger partial charge on any atom is 0.303 e. The average molecular weight is 290 g/mol. The maximum absolute atomic E-state index is 11.2. The molecule has 0 aromatic rings. The van der Waals surface area contributed by atoms with Crippen LogP contribution < -0.4 is 0 Å². The maximum atomic E-state index is 11.2. The molecular formula is C12H18O8. The van der Waals surface area contributed by atoms with Crippen molar-refractivity contribution in [1.29, 1.82) is 0 Å². The number of hydrogen-bond donors (Lipinski definition) is 0. The summed E-state index contributed by atoms with van der Waals surface area (Å²) < 4.78 is 25.5. The van der Waals surface area contributed by atoms with Crippen LogP contribution in [-0.4, -0.2) is 56.2 Å². The Labute approximate surface area is 116 Å². The fraction of sp³-hybridized carbons (Fsp3) is 0.750. The van der Waals surface area contributed by atoms with Crippen LogP contribution in [0.3, 0.4) is 0 Å². The summed E-state index contributed by atoms with van der Waals surface area (Å²) >= 11 is 0. The number of carbonyl (C=O) groups is 3. The molecule has 1 rings (SSSR count). The van der Waals surface area contributed by atoms with Gasteiger partial charge in [0.15, 0.2) is 24.6 Å². The normalized spacial score (nSPS) is 29.4. The summed E-state index contributed by atoms with van der Waals surface area (Å²) in [6, 6.07) is 0. The highest BCUT2D eigenvalue weighted by atomic mass is 16.7. The second-order valence-corrected chi connectivity index (χ2v) is 4.23. The van der Waals surface area contributed by atoms with E-state index >= 15 is 0 Å². The van der Waals surface area contributed by atoms with Gasteiger partial charge in [-0.05, 0) is 0 Å². The molecule has 0 bridgehead atoms. The Balaban J connectivity index is 2.95. The lowest BCUT2D eigenvalue weighted by atomic mass is 10.0. The van der Waals surface area contributed by atoms with Crippen LogP contribution in [0.2, 0.25) is 0 Å². The highest BCUT2D eigenvalue weighted by Crippen LogP contribution is 2.24. The predicted octanol–water partition coefficient (Wildman–Crippen LogP) is -0.216. The SMILES string of the molecule is CO[C@@H]1OC[C@@H](OC(C)=O)[C@H](OC(C)=O)[C@@H]1OC(C)=O. The Morgan fingerprint density at radius 3 is 1.85 bits per heavy atom. The molecule has 0 N–H and O–H groups in total. The average Bonchev–Trinajstić information content (AvgIpc) is 2.31. The van der Waals surface area contributed by atoms with Crippen molar-refractivity contribution >= 4 is 17.9 Å². The smallest absolute Gasteiger partial charge is 0.303 e. The van der Waals surface area contributed by atoms with E-state index in [-0.39, 0.29) is 6.61 Å². The number of rotatable bonds is 4. The summed E-state index contributed by atoms with van der Waals surface area (Å²) in [5, 5.41) is 0. The molecular weight excluding hydrogens is 272 g/mol. The highest BCUT2D eigenvalue weighted by molar-refractivity contribution is 5.68. The third-order valence-corrected chi connectivity index (χ3v) is 2.54. The summed E-state index contributed by atoms with van der Waals surface area (Å²) in [6.07, 6.45) is -3.78.